The van der Waals surface area contributed by atoms with Crippen molar-refractivity contribution in [1.29, 1.82) is 5.26 Å². The minimum absolute atomic E-state index is 0.299. The maximum atomic E-state index is 12.3. The van der Waals surface area contributed by atoms with Gasteiger partial charge in [-0.25, -0.2) is 0 Å². The van der Waals surface area contributed by atoms with Crippen molar-refractivity contribution in [2.45, 2.75) is 11.1 Å². The monoisotopic (exact) mass is 261 g/mol. The Bertz CT molecular complexity index is 397. The van der Waals surface area contributed by atoms with Crippen molar-refractivity contribution >= 4 is 11.8 Å². The van der Waals surface area contributed by atoms with E-state index in [2.05, 4.69) is 0 Å². The molecule has 0 aliphatic carbocycles. The van der Waals surface area contributed by atoms with Crippen molar-refractivity contribution in [2.24, 2.45) is 5.92 Å². The molecule has 0 bridgehead atoms. The van der Waals surface area contributed by atoms with E-state index in [9.17, 15) is 13.2 Å². The molecule has 0 aliphatic heterocycles. The number of benzene rings is 1. The first kappa shape index (κ1) is 13.7. The summed E-state index contributed by atoms with van der Waals surface area (Å²) in [5.74, 6) is -1.59. The lowest BCUT2D eigenvalue weighted by atomic mass is 10.2. The zero-order chi connectivity index (χ0) is 12.9. The van der Waals surface area contributed by atoms with Crippen LogP contribution in [0.15, 0.2) is 29.2 Å². The molecule has 17 heavy (non-hydrogen) atoms. The van der Waals surface area contributed by atoms with Crippen LogP contribution in [0.2, 0.25) is 0 Å². The molecule has 0 aromatic heterocycles. The quantitative estimate of drug-likeness (QED) is 0.778. The van der Waals surface area contributed by atoms with Gasteiger partial charge in [-0.15, -0.1) is 11.8 Å². The Balaban J connectivity index is 2.58. The minimum atomic E-state index is -4.46. The van der Waals surface area contributed by atoms with Crippen LogP contribution in [0.25, 0.3) is 0 Å². The first-order valence-corrected chi connectivity index (χ1v) is 5.69. The lowest BCUT2D eigenvalue weighted by molar-refractivity contribution is -0.152. The Kier molecular flexibility index (Phi) is 4.70. The number of rotatable bonds is 4. The van der Waals surface area contributed by atoms with E-state index >= 15 is 0 Å². The average Bonchev–Trinajstić information content (AvgIpc) is 2.29. The van der Waals surface area contributed by atoms with Gasteiger partial charge in [-0.2, -0.15) is 18.4 Å². The molecule has 0 fully saturated rings. The first-order valence-electron chi connectivity index (χ1n) is 4.70. The Hall–Kier alpha value is -1.35. The van der Waals surface area contributed by atoms with Gasteiger partial charge in [0.25, 0.3) is 0 Å². The molecule has 0 saturated carbocycles. The predicted octanol–water partition coefficient (Wildman–Crippen LogP) is 3.49. The van der Waals surface area contributed by atoms with E-state index in [1.165, 1.54) is 13.2 Å². The number of hydrogen-bond acceptors (Lipinski definition) is 3. The van der Waals surface area contributed by atoms with Crippen molar-refractivity contribution in [1.82, 2.24) is 0 Å². The van der Waals surface area contributed by atoms with Crippen LogP contribution < -0.4 is 4.74 Å². The van der Waals surface area contributed by atoms with Crippen LogP contribution in [0.1, 0.15) is 0 Å². The average molecular weight is 261 g/mol. The lowest BCUT2D eigenvalue weighted by Gasteiger charge is -2.12. The number of ether oxygens (including phenoxy) is 1. The Morgan fingerprint density at radius 2 is 1.94 bits per heavy atom. The van der Waals surface area contributed by atoms with Gasteiger partial charge in [0.15, 0.2) is 5.92 Å². The molecule has 1 atom stereocenters. The molecule has 0 heterocycles. The molecule has 92 valence electrons. The maximum absolute atomic E-state index is 12.3. The highest BCUT2D eigenvalue weighted by Crippen LogP contribution is 2.31. The molecule has 0 N–H and O–H groups in total. The summed E-state index contributed by atoms with van der Waals surface area (Å²) in [6, 6.07) is 7.91. The molecule has 0 saturated heterocycles. The summed E-state index contributed by atoms with van der Waals surface area (Å²) in [5.41, 5.74) is 0. The summed E-state index contributed by atoms with van der Waals surface area (Å²) in [6.07, 6.45) is -4.46. The van der Waals surface area contributed by atoms with Crippen molar-refractivity contribution < 1.29 is 17.9 Å². The van der Waals surface area contributed by atoms with Gasteiger partial charge in [0, 0.05) is 10.6 Å². The van der Waals surface area contributed by atoms with Gasteiger partial charge in [-0.3, -0.25) is 0 Å². The summed E-state index contributed by atoms with van der Waals surface area (Å²) >= 11 is 1.00. The molecule has 6 heteroatoms. The fourth-order valence-electron chi connectivity index (χ4n) is 1.06. The van der Waals surface area contributed by atoms with Crippen molar-refractivity contribution in [3.8, 4) is 11.8 Å². The topological polar surface area (TPSA) is 33.0 Å². The van der Waals surface area contributed by atoms with E-state index in [4.69, 9.17) is 10.00 Å². The molecule has 0 spiro atoms. The third kappa shape index (κ3) is 4.19. The fraction of sp³-hybridized carbons (Fsp3) is 0.364. The second-order valence-electron chi connectivity index (χ2n) is 3.21. The van der Waals surface area contributed by atoms with E-state index in [1.807, 2.05) is 0 Å². The first-order chi connectivity index (χ1) is 7.97. The van der Waals surface area contributed by atoms with Gasteiger partial charge in [0.05, 0.1) is 13.2 Å². The smallest absolute Gasteiger partial charge is 0.405 e. The zero-order valence-electron chi connectivity index (χ0n) is 8.99. The summed E-state index contributed by atoms with van der Waals surface area (Å²) in [7, 11) is 1.51. The van der Waals surface area contributed by atoms with Gasteiger partial charge < -0.3 is 4.74 Å². The summed E-state index contributed by atoms with van der Waals surface area (Å²) in [6.45, 7) is 0. The molecule has 1 aromatic rings. The van der Waals surface area contributed by atoms with Crippen LogP contribution in [-0.2, 0) is 0 Å². The largest absolute Gasteiger partial charge is 0.497 e. The van der Waals surface area contributed by atoms with E-state index in [-0.39, 0.29) is 5.75 Å². The maximum Gasteiger partial charge on any atom is 0.405 e. The van der Waals surface area contributed by atoms with Gasteiger partial charge in [-0.1, -0.05) is 0 Å². The molecule has 1 unspecified atom stereocenters. The molecule has 2 nitrogen and oxygen atoms in total. The zero-order valence-corrected chi connectivity index (χ0v) is 9.81. The third-order valence-electron chi connectivity index (χ3n) is 2.03. The molecular formula is C11H10F3NOS. The number of methoxy groups -OCH3 is 1. The van der Waals surface area contributed by atoms with E-state index in [0.717, 1.165) is 11.8 Å². The van der Waals surface area contributed by atoms with Crippen LogP contribution in [0.5, 0.6) is 5.75 Å². The highest BCUT2D eigenvalue weighted by Gasteiger charge is 2.39. The SMILES string of the molecule is COc1ccc(SCC(C#N)C(F)(F)F)cc1. The number of thioether (sulfide) groups is 1. The van der Waals surface area contributed by atoms with Crippen LogP contribution in [0.4, 0.5) is 13.2 Å². The summed E-state index contributed by atoms with van der Waals surface area (Å²) < 4.78 is 41.8. The van der Waals surface area contributed by atoms with Crippen molar-refractivity contribution in [3.05, 3.63) is 24.3 Å². The van der Waals surface area contributed by atoms with Crippen molar-refractivity contribution in [3.63, 3.8) is 0 Å². The Morgan fingerprint density at radius 3 is 2.35 bits per heavy atom. The number of alkyl halides is 3. The second-order valence-corrected chi connectivity index (χ2v) is 4.30. The fourth-order valence-corrected chi connectivity index (χ4v) is 2.01. The van der Waals surface area contributed by atoms with E-state index < -0.39 is 12.1 Å². The standard InChI is InChI=1S/C11H10F3NOS/c1-16-9-2-4-10(5-3-9)17-7-8(6-15)11(12,13)14/h2-5,8H,7H2,1H3. The Labute approximate surface area is 101 Å². The number of nitrogens with zero attached hydrogens (tertiary/aromatic N) is 1. The third-order valence-corrected chi connectivity index (χ3v) is 3.13. The molecule has 1 rings (SSSR count). The molecule has 0 amide bonds. The van der Waals surface area contributed by atoms with Gasteiger partial charge in [-0.05, 0) is 24.3 Å². The van der Waals surface area contributed by atoms with E-state index in [0.29, 0.717) is 10.6 Å². The van der Waals surface area contributed by atoms with Crippen LogP contribution in [0, 0.1) is 17.2 Å². The van der Waals surface area contributed by atoms with Crippen molar-refractivity contribution in [2.75, 3.05) is 12.9 Å². The number of halogens is 3. The highest BCUT2D eigenvalue weighted by molar-refractivity contribution is 7.99. The highest BCUT2D eigenvalue weighted by atomic mass is 32.2. The summed E-state index contributed by atoms with van der Waals surface area (Å²) in [4.78, 5) is 0.676. The Morgan fingerprint density at radius 1 is 1.35 bits per heavy atom. The predicted molar refractivity (Wildman–Crippen MR) is 58.9 cm³/mol. The molecular weight excluding hydrogens is 251 g/mol. The van der Waals surface area contributed by atoms with Crippen LogP contribution in [-0.4, -0.2) is 19.0 Å². The molecule has 0 radical (unpaired) electrons. The van der Waals surface area contributed by atoms with Crippen LogP contribution in [0.3, 0.4) is 0 Å². The molecule has 0 aliphatic rings. The van der Waals surface area contributed by atoms with Gasteiger partial charge in [0.2, 0.25) is 0 Å². The number of hydrogen-bond donors (Lipinski definition) is 0. The second kappa shape index (κ2) is 5.82. The lowest BCUT2D eigenvalue weighted by Crippen LogP contribution is -2.23. The normalized spacial score (nSPS) is 12.9. The minimum Gasteiger partial charge on any atom is -0.497 e. The van der Waals surface area contributed by atoms with Crippen LogP contribution >= 0.6 is 11.8 Å². The van der Waals surface area contributed by atoms with Gasteiger partial charge in [0.1, 0.15) is 5.75 Å². The van der Waals surface area contributed by atoms with Gasteiger partial charge >= 0.3 is 6.18 Å². The molecule has 1 aromatic carbocycles. The number of nitriles is 1. The van der Waals surface area contributed by atoms with E-state index in [1.54, 1.807) is 24.3 Å². The summed E-state index contributed by atoms with van der Waals surface area (Å²) in [5, 5.41) is 8.42.